The Bertz CT molecular complexity index is 1170. The van der Waals surface area contributed by atoms with Gasteiger partial charge in [-0.15, -0.1) is 0 Å². The van der Waals surface area contributed by atoms with Crippen molar-refractivity contribution in [2.75, 3.05) is 33.5 Å². The summed E-state index contributed by atoms with van der Waals surface area (Å²) in [4.78, 5) is 14.3. The third-order valence-corrected chi connectivity index (χ3v) is 5.82. The molecule has 0 aliphatic rings. The Morgan fingerprint density at radius 3 is 2.34 bits per heavy atom. The quantitative estimate of drug-likeness (QED) is 0.534. The molecule has 0 saturated heterocycles. The van der Waals surface area contributed by atoms with Crippen molar-refractivity contribution in [3.8, 4) is 22.7 Å². The standard InChI is InChI=1S/C23H28N4O4S/c1-5-26(2)23(28)21-16-22(27(25-21)19-10-12-20(31-3)13-11-19)18-8-6-17(7-9-18)14-15-24-32(4,29)30/h6-13,16,24H,5,14-15H2,1-4H3. The Kier molecular flexibility index (Phi) is 7.32. The Hall–Kier alpha value is -3.17. The molecule has 0 aliphatic carbocycles. The summed E-state index contributed by atoms with van der Waals surface area (Å²) < 4.78 is 32.0. The molecule has 1 N–H and O–H groups in total. The molecule has 3 rings (SSSR count). The van der Waals surface area contributed by atoms with Gasteiger partial charge in [-0.3, -0.25) is 4.79 Å². The topological polar surface area (TPSA) is 93.5 Å². The predicted molar refractivity (Wildman–Crippen MR) is 125 cm³/mol. The van der Waals surface area contributed by atoms with Crippen molar-refractivity contribution in [2.45, 2.75) is 13.3 Å². The maximum Gasteiger partial charge on any atom is 0.274 e. The normalized spacial score (nSPS) is 11.4. The third kappa shape index (κ3) is 5.74. The minimum absolute atomic E-state index is 0.149. The average Bonchev–Trinajstić information content (AvgIpc) is 3.23. The second-order valence-electron chi connectivity index (χ2n) is 7.46. The molecular weight excluding hydrogens is 428 g/mol. The number of nitrogens with zero attached hydrogens (tertiary/aromatic N) is 3. The summed E-state index contributed by atoms with van der Waals surface area (Å²) in [6.07, 6.45) is 1.72. The number of carbonyl (C=O) groups excluding carboxylic acids is 1. The molecule has 1 aromatic heterocycles. The number of nitrogens with one attached hydrogen (secondary N) is 1. The van der Waals surface area contributed by atoms with Crippen LogP contribution in [0.15, 0.2) is 54.6 Å². The number of amides is 1. The first kappa shape index (κ1) is 23.5. The maximum atomic E-state index is 12.7. The molecule has 0 fully saturated rings. The van der Waals surface area contributed by atoms with E-state index in [0.717, 1.165) is 34.5 Å². The van der Waals surface area contributed by atoms with E-state index in [1.54, 1.807) is 29.8 Å². The molecular formula is C23H28N4O4S. The molecule has 32 heavy (non-hydrogen) atoms. The molecule has 8 nitrogen and oxygen atoms in total. The largest absolute Gasteiger partial charge is 0.497 e. The first-order valence-electron chi connectivity index (χ1n) is 10.3. The zero-order valence-electron chi connectivity index (χ0n) is 18.7. The highest BCUT2D eigenvalue weighted by molar-refractivity contribution is 7.88. The van der Waals surface area contributed by atoms with Gasteiger partial charge in [-0.05, 0) is 49.2 Å². The second kappa shape index (κ2) is 9.97. The lowest BCUT2D eigenvalue weighted by atomic mass is 10.1. The fraction of sp³-hybridized carbons (Fsp3) is 0.304. The van der Waals surface area contributed by atoms with Crippen LogP contribution in [-0.2, 0) is 16.4 Å². The average molecular weight is 457 g/mol. The first-order valence-corrected chi connectivity index (χ1v) is 12.1. The van der Waals surface area contributed by atoms with Crippen molar-refractivity contribution in [2.24, 2.45) is 0 Å². The van der Waals surface area contributed by atoms with Crippen molar-refractivity contribution in [1.82, 2.24) is 19.4 Å². The lowest BCUT2D eigenvalue weighted by Crippen LogP contribution is -2.26. The number of rotatable bonds is 9. The summed E-state index contributed by atoms with van der Waals surface area (Å²) in [5.74, 6) is 0.584. The van der Waals surface area contributed by atoms with E-state index in [9.17, 15) is 13.2 Å². The zero-order chi connectivity index (χ0) is 23.3. The molecule has 0 unspecified atom stereocenters. The lowest BCUT2D eigenvalue weighted by molar-refractivity contribution is 0.0796. The summed E-state index contributed by atoms with van der Waals surface area (Å²) in [7, 11) is 0.146. The first-order chi connectivity index (χ1) is 15.2. The Labute approximate surface area is 188 Å². The van der Waals surface area contributed by atoms with Gasteiger partial charge in [0.05, 0.1) is 24.7 Å². The molecule has 0 saturated carbocycles. The van der Waals surface area contributed by atoms with E-state index in [1.165, 1.54) is 0 Å². The smallest absolute Gasteiger partial charge is 0.274 e. The van der Waals surface area contributed by atoms with Gasteiger partial charge in [0.15, 0.2) is 5.69 Å². The van der Waals surface area contributed by atoms with Crippen LogP contribution >= 0.6 is 0 Å². The summed E-state index contributed by atoms with van der Waals surface area (Å²) in [5, 5.41) is 4.59. The van der Waals surface area contributed by atoms with E-state index < -0.39 is 10.0 Å². The van der Waals surface area contributed by atoms with Crippen molar-refractivity contribution in [3.05, 3.63) is 65.9 Å². The van der Waals surface area contributed by atoms with Crippen LogP contribution in [0.5, 0.6) is 5.75 Å². The van der Waals surface area contributed by atoms with Crippen LogP contribution in [0.2, 0.25) is 0 Å². The van der Waals surface area contributed by atoms with E-state index in [4.69, 9.17) is 4.74 Å². The molecule has 9 heteroatoms. The SMILES string of the molecule is CCN(C)C(=O)c1cc(-c2ccc(CCNS(C)(=O)=O)cc2)n(-c2ccc(OC)cc2)n1. The van der Waals surface area contributed by atoms with E-state index in [2.05, 4.69) is 9.82 Å². The molecule has 0 spiro atoms. The van der Waals surface area contributed by atoms with Gasteiger partial charge in [-0.25, -0.2) is 17.8 Å². The summed E-state index contributed by atoms with van der Waals surface area (Å²) in [5.41, 5.74) is 3.85. The van der Waals surface area contributed by atoms with Gasteiger partial charge < -0.3 is 9.64 Å². The van der Waals surface area contributed by atoms with Gasteiger partial charge in [0.25, 0.3) is 5.91 Å². The number of ether oxygens (including phenoxy) is 1. The van der Waals surface area contributed by atoms with Crippen molar-refractivity contribution < 1.29 is 17.9 Å². The van der Waals surface area contributed by atoms with E-state index >= 15 is 0 Å². The van der Waals surface area contributed by atoms with Gasteiger partial charge in [0, 0.05) is 25.7 Å². The Balaban J connectivity index is 1.94. The summed E-state index contributed by atoms with van der Waals surface area (Å²) >= 11 is 0. The van der Waals surface area contributed by atoms with Crippen molar-refractivity contribution in [1.29, 1.82) is 0 Å². The molecule has 1 amide bonds. The van der Waals surface area contributed by atoms with Gasteiger partial charge in [0.2, 0.25) is 10.0 Å². The second-order valence-corrected chi connectivity index (χ2v) is 9.29. The highest BCUT2D eigenvalue weighted by atomic mass is 32.2. The van der Waals surface area contributed by atoms with Crippen molar-refractivity contribution in [3.63, 3.8) is 0 Å². The monoisotopic (exact) mass is 456 g/mol. The van der Waals surface area contributed by atoms with Crippen LogP contribution < -0.4 is 9.46 Å². The Morgan fingerprint density at radius 2 is 1.78 bits per heavy atom. The van der Waals surface area contributed by atoms with Crippen LogP contribution in [-0.4, -0.2) is 62.5 Å². The molecule has 3 aromatic rings. The fourth-order valence-corrected chi connectivity index (χ4v) is 3.65. The Morgan fingerprint density at radius 1 is 1.12 bits per heavy atom. The van der Waals surface area contributed by atoms with Gasteiger partial charge in [-0.2, -0.15) is 5.10 Å². The molecule has 1 heterocycles. The van der Waals surface area contributed by atoms with Crippen LogP contribution in [0, 0.1) is 0 Å². The van der Waals surface area contributed by atoms with Crippen LogP contribution in [0.1, 0.15) is 23.0 Å². The summed E-state index contributed by atoms with van der Waals surface area (Å²) in [6, 6.07) is 17.1. The minimum Gasteiger partial charge on any atom is -0.497 e. The number of carbonyl (C=O) groups is 1. The zero-order valence-corrected chi connectivity index (χ0v) is 19.5. The summed E-state index contributed by atoms with van der Waals surface area (Å²) in [6.45, 7) is 2.83. The highest BCUT2D eigenvalue weighted by Crippen LogP contribution is 2.26. The molecule has 170 valence electrons. The van der Waals surface area contributed by atoms with Crippen LogP contribution in [0.25, 0.3) is 16.9 Å². The number of sulfonamides is 1. The number of hydrogen-bond donors (Lipinski definition) is 1. The van der Waals surface area contributed by atoms with Crippen LogP contribution in [0.4, 0.5) is 0 Å². The molecule has 0 bridgehead atoms. The third-order valence-electron chi connectivity index (χ3n) is 5.09. The van der Waals surface area contributed by atoms with Crippen molar-refractivity contribution >= 4 is 15.9 Å². The predicted octanol–water partition coefficient (Wildman–Crippen LogP) is 2.73. The maximum absolute atomic E-state index is 12.7. The van der Waals surface area contributed by atoms with Crippen LogP contribution in [0.3, 0.4) is 0 Å². The van der Waals surface area contributed by atoms with E-state index in [-0.39, 0.29) is 5.91 Å². The molecule has 0 aliphatic heterocycles. The number of aromatic nitrogens is 2. The molecule has 2 aromatic carbocycles. The highest BCUT2D eigenvalue weighted by Gasteiger charge is 2.19. The molecule has 0 atom stereocenters. The number of methoxy groups -OCH3 is 1. The number of hydrogen-bond acceptors (Lipinski definition) is 5. The number of benzene rings is 2. The van der Waals surface area contributed by atoms with Gasteiger partial charge in [0.1, 0.15) is 5.75 Å². The van der Waals surface area contributed by atoms with E-state index in [0.29, 0.717) is 25.2 Å². The minimum atomic E-state index is -3.21. The molecule has 0 radical (unpaired) electrons. The van der Waals surface area contributed by atoms with E-state index in [1.807, 2.05) is 55.5 Å². The van der Waals surface area contributed by atoms with Gasteiger partial charge >= 0.3 is 0 Å². The fourth-order valence-electron chi connectivity index (χ4n) is 3.17. The lowest BCUT2D eigenvalue weighted by Gasteiger charge is -2.12. The van der Waals surface area contributed by atoms with Gasteiger partial charge in [-0.1, -0.05) is 24.3 Å².